The van der Waals surface area contributed by atoms with E-state index in [2.05, 4.69) is 64.2 Å². The van der Waals surface area contributed by atoms with Crippen LogP contribution in [0.3, 0.4) is 0 Å². The van der Waals surface area contributed by atoms with Crippen molar-refractivity contribution >= 4 is 28.9 Å². The zero-order valence-electron chi connectivity index (χ0n) is 44.2. The summed E-state index contributed by atoms with van der Waals surface area (Å²) in [5.74, 6) is 2.20. The van der Waals surface area contributed by atoms with Gasteiger partial charge in [0.05, 0.1) is 45.6 Å². The largest absolute Gasteiger partial charge is 0.508 e. The summed E-state index contributed by atoms with van der Waals surface area (Å²) in [6.07, 6.45) is 10.3. The summed E-state index contributed by atoms with van der Waals surface area (Å²) in [6, 6.07) is 33.5. The van der Waals surface area contributed by atoms with Gasteiger partial charge in [-0.25, -0.2) is 0 Å². The van der Waals surface area contributed by atoms with Gasteiger partial charge in [-0.15, -0.1) is 0 Å². The molecule has 74 heavy (non-hydrogen) atoms. The molecule has 2 saturated carbocycles. The van der Waals surface area contributed by atoms with Crippen LogP contribution in [0.4, 0.5) is 0 Å². The lowest BCUT2D eigenvalue weighted by atomic mass is 9.76. The summed E-state index contributed by atoms with van der Waals surface area (Å²) in [6.45, 7) is 8.96. The van der Waals surface area contributed by atoms with E-state index in [1.54, 1.807) is 31.1 Å². The van der Waals surface area contributed by atoms with Crippen LogP contribution in [0.2, 0.25) is 0 Å². The van der Waals surface area contributed by atoms with E-state index in [1.807, 2.05) is 61.5 Å². The maximum absolute atomic E-state index is 13.9. The maximum Gasteiger partial charge on any atom is 0.248 e. The van der Waals surface area contributed by atoms with Gasteiger partial charge < -0.3 is 49.6 Å². The average molecular weight is 1020 g/mol. The Labute approximate surface area is 439 Å². The lowest BCUT2D eigenvalue weighted by Crippen LogP contribution is -2.64. The zero-order chi connectivity index (χ0) is 52.1. The van der Waals surface area contributed by atoms with Crippen molar-refractivity contribution in [1.29, 1.82) is 0 Å². The number of rotatable bonds is 29. The first-order valence-corrected chi connectivity index (χ1v) is 27.1. The topological polar surface area (TPSA) is 160 Å². The van der Waals surface area contributed by atoms with Gasteiger partial charge in [-0.3, -0.25) is 19.3 Å². The monoisotopic (exact) mass is 1020 g/mol. The molecule has 2 bridgehead atoms. The van der Waals surface area contributed by atoms with E-state index < -0.39 is 6.04 Å². The maximum atomic E-state index is 13.9. The third-order valence-corrected chi connectivity index (χ3v) is 15.0. The van der Waals surface area contributed by atoms with E-state index in [4.69, 9.17) is 23.7 Å². The Morgan fingerprint density at radius 1 is 0.730 bits per heavy atom. The standard InChI is InChI=1S/C60H81N5O9/c1-5-53(46-14-8-6-9-15-46)57(47-20-24-50(66)25-21-47)48-22-26-51(27-23-48)73-32-31-64(4)56(67)42-72-36-35-70-33-34-71-37-38-74-52-18-12-13-44(39-52)29-30-65-41-45-19-28-55(65)54(40-45)62-60(69)58(49-16-10-7-11-17-49)63-59(68)43(2)61-3/h6,8-9,12-15,18,20-27,39,43,45,49,54-55,58,61,66H,5,7,10-11,16-17,19,28-38,40-42H2,1-4H3,(H,62,69)(H,63,68)/b57-53-/t43-,45+,54-,55-,58-/m0/s1. The SMILES string of the molecule is CC/C(=C(\c1ccc(O)cc1)c1ccc(OCCN(C)C(=O)COCCOCCOCCOc2cccc(CCN3C[C@@H]4CC[C@H]3[C@@H](NC(=O)[C@@H](NC(=O)[C@H](C)NC)C3CCCCC3)C4)c2)cc1)c1ccccc1. The predicted octanol–water partition coefficient (Wildman–Crippen LogP) is 7.91. The highest BCUT2D eigenvalue weighted by Crippen LogP contribution is 2.37. The first-order chi connectivity index (χ1) is 36.1. The molecule has 4 fully saturated rings. The number of fused-ring (bicyclic) bond motifs is 3. The third kappa shape index (κ3) is 16.6. The number of allylic oxidation sites excluding steroid dienone is 1. The van der Waals surface area contributed by atoms with Gasteiger partial charge in [0.25, 0.3) is 0 Å². The second-order valence-corrected chi connectivity index (χ2v) is 20.1. The molecule has 4 N–H and O–H groups in total. The van der Waals surface area contributed by atoms with Crippen LogP contribution in [0.5, 0.6) is 17.2 Å². The van der Waals surface area contributed by atoms with Crippen LogP contribution in [0.25, 0.3) is 11.1 Å². The number of amides is 3. The Morgan fingerprint density at radius 3 is 2.09 bits per heavy atom. The molecule has 2 heterocycles. The average Bonchev–Trinajstić information content (AvgIpc) is 3.43. The van der Waals surface area contributed by atoms with Crippen LogP contribution in [0, 0.1) is 11.8 Å². The van der Waals surface area contributed by atoms with Crippen molar-refractivity contribution in [2.75, 3.05) is 86.6 Å². The second-order valence-electron chi connectivity index (χ2n) is 20.1. The van der Waals surface area contributed by atoms with Crippen molar-refractivity contribution in [3.05, 3.63) is 125 Å². The molecule has 2 saturated heterocycles. The molecule has 2 aliphatic heterocycles. The van der Waals surface area contributed by atoms with E-state index in [1.165, 1.54) is 24.0 Å². The number of phenolic OH excluding ortho intramolecular Hbond substituents is 1. The number of carbonyl (C=O) groups is 3. The fourth-order valence-corrected chi connectivity index (χ4v) is 10.7. The molecule has 400 valence electrons. The van der Waals surface area contributed by atoms with Gasteiger partial charge in [-0.05, 0) is 141 Å². The molecule has 8 rings (SSSR count). The molecule has 4 aromatic carbocycles. The fourth-order valence-electron chi connectivity index (χ4n) is 10.7. The van der Waals surface area contributed by atoms with Gasteiger partial charge >= 0.3 is 0 Å². The highest BCUT2D eigenvalue weighted by Gasteiger charge is 2.43. The predicted molar refractivity (Wildman–Crippen MR) is 290 cm³/mol. The first-order valence-electron chi connectivity index (χ1n) is 27.1. The van der Waals surface area contributed by atoms with Crippen LogP contribution in [-0.4, -0.2) is 143 Å². The summed E-state index contributed by atoms with van der Waals surface area (Å²) in [5.41, 5.74) is 6.74. The van der Waals surface area contributed by atoms with E-state index in [0.29, 0.717) is 70.5 Å². The number of benzene rings is 4. The van der Waals surface area contributed by atoms with Gasteiger partial charge in [0, 0.05) is 32.2 Å². The minimum atomic E-state index is -0.492. The third-order valence-electron chi connectivity index (χ3n) is 15.0. The molecule has 4 aromatic rings. The van der Waals surface area contributed by atoms with Gasteiger partial charge in [-0.2, -0.15) is 0 Å². The number of carbonyl (C=O) groups excluding carboxylic acids is 3. The molecule has 0 unspecified atom stereocenters. The number of nitrogens with zero attached hydrogens (tertiary/aromatic N) is 2. The van der Waals surface area contributed by atoms with Crippen LogP contribution in [0.1, 0.15) is 93.9 Å². The van der Waals surface area contributed by atoms with Crippen LogP contribution in [-0.2, 0) is 35.0 Å². The number of hydrogen-bond acceptors (Lipinski definition) is 11. The summed E-state index contributed by atoms with van der Waals surface area (Å²) in [5, 5.41) is 19.5. The molecule has 0 spiro atoms. The number of hydrogen-bond donors (Lipinski definition) is 4. The van der Waals surface area contributed by atoms with Crippen molar-refractivity contribution in [3.8, 4) is 17.2 Å². The van der Waals surface area contributed by atoms with E-state index in [9.17, 15) is 19.5 Å². The van der Waals surface area contributed by atoms with Crippen molar-refractivity contribution in [2.24, 2.45) is 11.8 Å². The van der Waals surface area contributed by atoms with Crippen molar-refractivity contribution < 1.29 is 43.2 Å². The summed E-state index contributed by atoms with van der Waals surface area (Å²) < 4.78 is 29.0. The number of piperidine rings is 2. The van der Waals surface area contributed by atoms with Gasteiger partial charge in [0.15, 0.2) is 0 Å². The summed E-state index contributed by atoms with van der Waals surface area (Å²) in [4.78, 5) is 43.7. The number of phenols is 1. The number of nitrogens with one attached hydrogen (secondary N) is 3. The Hall–Kier alpha value is -5.77. The Balaban J connectivity index is 0.733. The number of aromatic hydroxyl groups is 1. The molecule has 0 radical (unpaired) electrons. The molecule has 14 nitrogen and oxygen atoms in total. The van der Waals surface area contributed by atoms with Crippen molar-refractivity contribution in [1.82, 2.24) is 25.8 Å². The zero-order valence-corrected chi connectivity index (χ0v) is 44.2. The second kappa shape index (κ2) is 29.4. The minimum Gasteiger partial charge on any atom is -0.508 e. The molecule has 4 aliphatic rings. The molecule has 14 heteroatoms. The smallest absolute Gasteiger partial charge is 0.248 e. The lowest BCUT2D eigenvalue weighted by Gasteiger charge is -2.50. The highest BCUT2D eigenvalue weighted by molar-refractivity contribution is 5.98. The summed E-state index contributed by atoms with van der Waals surface area (Å²) in [7, 11) is 3.51. The van der Waals surface area contributed by atoms with Crippen LogP contribution < -0.4 is 25.4 Å². The molecule has 5 atom stereocenters. The van der Waals surface area contributed by atoms with Crippen LogP contribution >= 0.6 is 0 Å². The molecular weight excluding hydrogens is 935 g/mol. The first kappa shape index (κ1) is 56.0. The molecular formula is C60H81N5O9. The van der Waals surface area contributed by atoms with E-state index in [-0.39, 0.29) is 48.1 Å². The van der Waals surface area contributed by atoms with Crippen molar-refractivity contribution in [3.63, 3.8) is 0 Å². The normalized spacial score (nSPS) is 19.0. The lowest BCUT2D eigenvalue weighted by molar-refractivity contribution is -0.135. The van der Waals surface area contributed by atoms with Crippen LogP contribution in [0.15, 0.2) is 103 Å². The minimum absolute atomic E-state index is 0.0214. The Morgan fingerprint density at radius 2 is 1.41 bits per heavy atom. The molecule has 3 amide bonds. The quantitative estimate of drug-likeness (QED) is 0.0309. The van der Waals surface area contributed by atoms with Crippen molar-refractivity contribution in [2.45, 2.75) is 102 Å². The van der Waals surface area contributed by atoms with Gasteiger partial charge in [0.2, 0.25) is 17.7 Å². The Kier molecular flexibility index (Phi) is 22.2. The fraction of sp³-hybridized carbons (Fsp3) is 0.517. The van der Waals surface area contributed by atoms with E-state index >= 15 is 0 Å². The van der Waals surface area contributed by atoms with Gasteiger partial charge in [0.1, 0.15) is 43.1 Å². The molecule has 0 aromatic heterocycles. The summed E-state index contributed by atoms with van der Waals surface area (Å²) >= 11 is 0. The number of ether oxygens (including phenoxy) is 5. The Bertz CT molecular complexity index is 2380. The van der Waals surface area contributed by atoms with E-state index in [0.717, 1.165) is 92.5 Å². The highest BCUT2D eigenvalue weighted by atomic mass is 16.6. The molecule has 2 aliphatic carbocycles. The number of likely N-dealkylation sites (N-methyl/N-ethyl adjacent to an activating group) is 2. The van der Waals surface area contributed by atoms with Gasteiger partial charge in [-0.1, -0.05) is 92.9 Å².